The minimum atomic E-state index is -0.730. The largest absolute Gasteiger partial charge is 0.508 e. The molecule has 0 amide bonds. The van der Waals surface area contributed by atoms with Crippen LogP contribution in [0, 0.1) is 0 Å². The Hall–Kier alpha value is -4.85. The SMILES string of the molecule is O=C1C[C@@H](c2cc3cccc4c3n(c2=O)CC4)c2c(cc(O)c3c(=O)c(-c4ccc(O)cc4)coc23)O1. The van der Waals surface area contributed by atoms with Gasteiger partial charge < -0.3 is 23.9 Å². The number of aromatic nitrogens is 1. The van der Waals surface area contributed by atoms with Crippen molar-refractivity contribution in [2.24, 2.45) is 0 Å². The number of nitrogens with zero attached hydrogens (tertiary/aromatic N) is 1. The van der Waals surface area contributed by atoms with Crippen LogP contribution in [0.4, 0.5) is 0 Å². The Kier molecular flexibility index (Phi) is 4.39. The highest BCUT2D eigenvalue weighted by Gasteiger charge is 2.36. The van der Waals surface area contributed by atoms with Crippen LogP contribution < -0.4 is 15.7 Å². The molecule has 7 rings (SSSR count). The first-order valence-electron chi connectivity index (χ1n) is 11.9. The molecule has 0 radical (unpaired) electrons. The van der Waals surface area contributed by atoms with Crippen molar-refractivity contribution in [3.8, 4) is 28.4 Å². The van der Waals surface area contributed by atoms with Crippen molar-refractivity contribution in [3.05, 3.63) is 98.1 Å². The van der Waals surface area contributed by atoms with Crippen LogP contribution in [0.2, 0.25) is 0 Å². The number of carbonyl (C=O) groups is 1. The van der Waals surface area contributed by atoms with Crippen LogP contribution in [0.15, 0.2) is 74.9 Å². The van der Waals surface area contributed by atoms with Gasteiger partial charge in [0.2, 0.25) is 5.43 Å². The molecule has 0 spiro atoms. The fourth-order valence-corrected chi connectivity index (χ4v) is 5.68. The molecule has 37 heavy (non-hydrogen) atoms. The fraction of sp³-hybridized carbons (Fsp3) is 0.138. The maximum absolute atomic E-state index is 13.6. The first-order valence-corrected chi connectivity index (χ1v) is 11.9. The standard InChI is InChI=1S/C29H19NO7/c31-17-6-4-14(5-7-17)20-13-36-28-24-18(11-23(33)37-22(24)12-21(32)25(28)27(20)34)19-10-16-3-1-2-15-8-9-30(26(15)16)29(19)35/h1-7,10,12-13,18,31-32H,8-9,11H2/t18-/m0/s1. The van der Waals surface area contributed by atoms with E-state index in [-0.39, 0.29) is 40.0 Å². The predicted molar refractivity (Wildman–Crippen MR) is 135 cm³/mol. The molecule has 2 N–H and O–H groups in total. The zero-order valence-electron chi connectivity index (χ0n) is 19.4. The first-order chi connectivity index (χ1) is 17.9. The molecule has 8 nitrogen and oxygen atoms in total. The highest BCUT2D eigenvalue weighted by Crippen LogP contribution is 2.45. The van der Waals surface area contributed by atoms with Crippen molar-refractivity contribution >= 4 is 27.8 Å². The Morgan fingerprint density at radius 2 is 1.78 bits per heavy atom. The Labute approximate surface area is 208 Å². The average molecular weight is 493 g/mol. The second-order valence-electron chi connectivity index (χ2n) is 9.43. The molecular weight excluding hydrogens is 474 g/mol. The van der Waals surface area contributed by atoms with Gasteiger partial charge >= 0.3 is 5.97 Å². The van der Waals surface area contributed by atoms with E-state index in [9.17, 15) is 24.6 Å². The highest BCUT2D eigenvalue weighted by atomic mass is 16.5. The molecule has 3 aromatic carbocycles. The van der Waals surface area contributed by atoms with Crippen molar-refractivity contribution in [1.82, 2.24) is 4.57 Å². The molecule has 1 atom stereocenters. The van der Waals surface area contributed by atoms with Gasteiger partial charge in [-0.2, -0.15) is 0 Å². The molecule has 8 heteroatoms. The molecule has 0 saturated heterocycles. The number of pyridine rings is 1. The maximum Gasteiger partial charge on any atom is 0.312 e. The van der Waals surface area contributed by atoms with Crippen molar-refractivity contribution in [2.45, 2.75) is 25.3 Å². The Morgan fingerprint density at radius 1 is 0.973 bits per heavy atom. The smallest absolute Gasteiger partial charge is 0.312 e. The molecule has 0 fully saturated rings. The highest BCUT2D eigenvalue weighted by molar-refractivity contribution is 5.94. The number of aryl methyl sites for hydroxylation is 2. The van der Waals surface area contributed by atoms with Gasteiger partial charge in [0.25, 0.3) is 5.56 Å². The third-order valence-electron chi connectivity index (χ3n) is 7.35. The summed E-state index contributed by atoms with van der Waals surface area (Å²) < 4.78 is 13.1. The van der Waals surface area contributed by atoms with Crippen LogP contribution in [0.3, 0.4) is 0 Å². The van der Waals surface area contributed by atoms with E-state index in [0.717, 1.165) is 22.9 Å². The minimum absolute atomic E-state index is 0.0487. The number of aromatic hydroxyl groups is 2. The molecule has 0 saturated carbocycles. The molecule has 4 heterocycles. The quantitative estimate of drug-likeness (QED) is 0.280. The molecule has 0 unspecified atom stereocenters. The fourth-order valence-electron chi connectivity index (χ4n) is 5.68. The lowest BCUT2D eigenvalue weighted by atomic mass is 9.85. The summed E-state index contributed by atoms with van der Waals surface area (Å²) in [4.78, 5) is 39.8. The summed E-state index contributed by atoms with van der Waals surface area (Å²) in [7, 11) is 0. The summed E-state index contributed by atoms with van der Waals surface area (Å²) in [6.07, 6.45) is 1.92. The zero-order chi connectivity index (χ0) is 25.4. The molecular formula is C29H19NO7. The lowest BCUT2D eigenvalue weighted by Gasteiger charge is -2.26. The predicted octanol–water partition coefficient (Wildman–Crippen LogP) is 4.18. The van der Waals surface area contributed by atoms with Crippen molar-refractivity contribution < 1.29 is 24.2 Å². The van der Waals surface area contributed by atoms with Gasteiger partial charge in [-0.3, -0.25) is 14.4 Å². The lowest BCUT2D eigenvalue weighted by molar-refractivity contribution is -0.135. The Balaban J connectivity index is 1.50. The third-order valence-corrected chi connectivity index (χ3v) is 7.35. The molecule has 5 aromatic rings. The van der Waals surface area contributed by atoms with Crippen LogP contribution >= 0.6 is 0 Å². The number of esters is 1. The van der Waals surface area contributed by atoms with Crippen molar-refractivity contribution in [1.29, 1.82) is 0 Å². The molecule has 2 aliphatic heterocycles. The van der Waals surface area contributed by atoms with Crippen LogP contribution in [-0.2, 0) is 17.8 Å². The molecule has 0 bridgehead atoms. The minimum Gasteiger partial charge on any atom is -0.508 e. The number of para-hydroxylation sites is 1. The van der Waals surface area contributed by atoms with E-state index < -0.39 is 23.1 Å². The van der Waals surface area contributed by atoms with E-state index in [1.807, 2.05) is 18.2 Å². The number of ether oxygens (including phenoxy) is 1. The number of phenolic OH excluding ortho intramolecular Hbond substituents is 2. The van der Waals surface area contributed by atoms with Crippen molar-refractivity contribution in [2.75, 3.05) is 0 Å². The number of hydrogen-bond donors (Lipinski definition) is 2. The van der Waals surface area contributed by atoms with E-state index in [4.69, 9.17) is 9.15 Å². The second kappa shape index (κ2) is 7.57. The normalized spacial score (nSPS) is 16.2. The van der Waals surface area contributed by atoms with Crippen LogP contribution in [0.25, 0.3) is 33.0 Å². The topological polar surface area (TPSA) is 119 Å². The monoisotopic (exact) mass is 493 g/mol. The maximum atomic E-state index is 13.6. The summed E-state index contributed by atoms with van der Waals surface area (Å²) in [6, 6.07) is 15.0. The van der Waals surface area contributed by atoms with Crippen LogP contribution in [0.5, 0.6) is 17.2 Å². The van der Waals surface area contributed by atoms with Crippen molar-refractivity contribution in [3.63, 3.8) is 0 Å². The molecule has 182 valence electrons. The van der Waals surface area contributed by atoms with Gasteiger partial charge in [0.05, 0.1) is 17.5 Å². The summed E-state index contributed by atoms with van der Waals surface area (Å²) >= 11 is 0. The van der Waals surface area contributed by atoms with Gasteiger partial charge in [-0.1, -0.05) is 30.3 Å². The Bertz CT molecular complexity index is 1910. The zero-order valence-corrected chi connectivity index (χ0v) is 19.4. The number of rotatable bonds is 2. The first kappa shape index (κ1) is 21.4. The number of phenols is 2. The summed E-state index contributed by atoms with van der Waals surface area (Å²) in [5.41, 5.74) is 2.85. The van der Waals surface area contributed by atoms with Gasteiger partial charge in [0.1, 0.15) is 34.5 Å². The third kappa shape index (κ3) is 3.05. The summed E-state index contributed by atoms with van der Waals surface area (Å²) in [5, 5.41) is 21.2. The number of fused-ring (bicyclic) bond motifs is 3. The molecule has 2 aromatic heterocycles. The molecule has 2 aliphatic rings. The Morgan fingerprint density at radius 3 is 2.59 bits per heavy atom. The summed E-state index contributed by atoms with van der Waals surface area (Å²) in [5.74, 6) is -1.56. The summed E-state index contributed by atoms with van der Waals surface area (Å²) in [6.45, 7) is 0.550. The number of benzene rings is 3. The lowest BCUT2D eigenvalue weighted by Crippen LogP contribution is -2.29. The van der Waals surface area contributed by atoms with E-state index in [2.05, 4.69) is 0 Å². The van der Waals surface area contributed by atoms with E-state index in [1.54, 1.807) is 22.8 Å². The van der Waals surface area contributed by atoms with Crippen LogP contribution in [-0.4, -0.2) is 20.7 Å². The van der Waals surface area contributed by atoms with Gasteiger partial charge in [0.15, 0.2) is 0 Å². The van der Waals surface area contributed by atoms with Gasteiger partial charge in [-0.05, 0) is 41.1 Å². The van der Waals surface area contributed by atoms with Gasteiger partial charge in [-0.25, -0.2) is 0 Å². The van der Waals surface area contributed by atoms with E-state index in [1.165, 1.54) is 24.5 Å². The van der Waals surface area contributed by atoms with Crippen LogP contribution in [0.1, 0.15) is 29.0 Å². The average Bonchev–Trinajstić information content (AvgIpc) is 3.32. The molecule has 0 aliphatic carbocycles. The number of carbonyl (C=O) groups excluding carboxylic acids is 1. The van der Waals surface area contributed by atoms with Gasteiger partial charge in [0, 0.05) is 29.7 Å². The number of hydrogen-bond acceptors (Lipinski definition) is 7. The van der Waals surface area contributed by atoms with Gasteiger partial charge in [-0.15, -0.1) is 0 Å². The van der Waals surface area contributed by atoms with E-state index >= 15 is 0 Å². The second-order valence-corrected chi connectivity index (χ2v) is 9.43. The van der Waals surface area contributed by atoms with E-state index in [0.29, 0.717) is 23.2 Å².